The van der Waals surface area contributed by atoms with E-state index in [-0.39, 0.29) is 16.0 Å². The van der Waals surface area contributed by atoms with Crippen LogP contribution in [0.4, 0.5) is 26.3 Å². The summed E-state index contributed by atoms with van der Waals surface area (Å²) < 4.78 is 76.3. The summed E-state index contributed by atoms with van der Waals surface area (Å²) in [7, 11) is 0. The first-order chi connectivity index (χ1) is 10.9. The van der Waals surface area contributed by atoms with E-state index in [2.05, 4.69) is 0 Å². The molecule has 2 aromatic carbocycles. The number of rotatable bonds is 3. The van der Waals surface area contributed by atoms with E-state index < -0.39 is 30.2 Å². The van der Waals surface area contributed by atoms with Crippen LogP contribution < -0.4 is 0 Å². The second-order valence-electron chi connectivity index (χ2n) is 5.10. The van der Waals surface area contributed by atoms with E-state index >= 15 is 0 Å². The number of carbonyl (C=O) groups is 1. The Morgan fingerprint density at radius 1 is 0.917 bits per heavy atom. The minimum Gasteiger partial charge on any atom is -0.373 e. The molecule has 0 aliphatic heterocycles. The number of halogens is 7. The molecule has 0 saturated carbocycles. The van der Waals surface area contributed by atoms with Gasteiger partial charge < -0.3 is 5.11 Å². The molecule has 0 aromatic heterocycles. The molecule has 0 heterocycles. The van der Waals surface area contributed by atoms with Crippen LogP contribution in [0.25, 0.3) is 10.8 Å². The van der Waals surface area contributed by atoms with Crippen molar-refractivity contribution in [2.75, 3.05) is 0 Å². The van der Waals surface area contributed by atoms with Gasteiger partial charge in [0.2, 0.25) is 0 Å². The Balaban J connectivity index is 2.52. The molecule has 2 rings (SSSR count). The first-order valence-corrected chi connectivity index (χ1v) is 6.82. The SMILES string of the molecule is O=C(CC(O)(C(F)(F)F)C(F)(F)F)c1ccc(Cl)c2ccccc12. The van der Waals surface area contributed by atoms with Crippen molar-refractivity contribution in [2.45, 2.75) is 24.4 Å². The maximum atomic E-state index is 12.7. The number of alkyl halides is 6. The molecule has 9 heteroatoms. The van der Waals surface area contributed by atoms with Gasteiger partial charge in [-0.2, -0.15) is 26.3 Å². The molecule has 0 saturated heterocycles. The summed E-state index contributed by atoms with van der Waals surface area (Å²) in [5, 5.41) is 9.73. The molecule has 0 atom stereocenters. The Bertz CT molecular complexity index is 768. The van der Waals surface area contributed by atoms with Gasteiger partial charge in [-0.1, -0.05) is 35.9 Å². The number of ketones is 1. The third-order valence-electron chi connectivity index (χ3n) is 3.53. The van der Waals surface area contributed by atoms with Gasteiger partial charge in [0, 0.05) is 16.0 Å². The average Bonchev–Trinajstić information content (AvgIpc) is 2.45. The van der Waals surface area contributed by atoms with Crippen molar-refractivity contribution in [2.24, 2.45) is 0 Å². The second kappa shape index (κ2) is 5.93. The van der Waals surface area contributed by atoms with Gasteiger partial charge in [0.25, 0.3) is 5.60 Å². The van der Waals surface area contributed by atoms with Gasteiger partial charge in [0.15, 0.2) is 5.78 Å². The molecule has 1 N–H and O–H groups in total. The third kappa shape index (κ3) is 3.08. The molecule has 0 amide bonds. The Morgan fingerprint density at radius 3 is 1.92 bits per heavy atom. The number of carbonyl (C=O) groups excluding carboxylic acids is 1. The first-order valence-electron chi connectivity index (χ1n) is 6.45. The minimum absolute atomic E-state index is 0.0988. The average molecular weight is 371 g/mol. The summed E-state index contributed by atoms with van der Waals surface area (Å²) in [4.78, 5) is 12.1. The van der Waals surface area contributed by atoms with E-state index in [9.17, 15) is 31.1 Å². The van der Waals surface area contributed by atoms with Crippen LogP contribution >= 0.6 is 11.6 Å². The monoisotopic (exact) mass is 370 g/mol. The normalized spacial score (nSPS) is 13.3. The van der Waals surface area contributed by atoms with Crippen molar-refractivity contribution in [1.82, 2.24) is 0 Å². The molecular weight excluding hydrogens is 362 g/mol. The van der Waals surface area contributed by atoms with Crippen molar-refractivity contribution in [3.8, 4) is 0 Å². The van der Waals surface area contributed by atoms with Gasteiger partial charge in [-0.15, -0.1) is 0 Å². The van der Waals surface area contributed by atoms with Gasteiger partial charge in [0.05, 0.1) is 6.42 Å². The van der Waals surface area contributed by atoms with Gasteiger partial charge in [0.1, 0.15) is 0 Å². The van der Waals surface area contributed by atoms with Crippen LogP contribution in [0.3, 0.4) is 0 Å². The van der Waals surface area contributed by atoms with Crippen LogP contribution in [0, 0.1) is 0 Å². The summed E-state index contributed by atoms with van der Waals surface area (Å²) in [5.74, 6) is -1.50. The molecule has 2 nitrogen and oxygen atoms in total. The van der Waals surface area contributed by atoms with E-state index in [1.807, 2.05) is 0 Å². The summed E-state index contributed by atoms with van der Waals surface area (Å²) in [5.41, 5.74) is -5.51. The topological polar surface area (TPSA) is 37.3 Å². The molecule has 2 aromatic rings. The number of hydrogen-bond acceptors (Lipinski definition) is 2. The molecular formula is C15H9ClF6O2. The first kappa shape index (κ1) is 18.5. The van der Waals surface area contributed by atoms with E-state index in [1.54, 1.807) is 6.07 Å². The number of fused-ring (bicyclic) bond motifs is 1. The molecule has 0 radical (unpaired) electrons. The second-order valence-corrected chi connectivity index (χ2v) is 5.50. The fourth-order valence-corrected chi connectivity index (χ4v) is 2.42. The highest BCUT2D eigenvalue weighted by Gasteiger charge is 2.70. The summed E-state index contributed by atoms with van der Waals surface area (Å²) in [6.07, 6.45) is -14.3. The number of benzene rings is 2. The molecule has 130 valence electrons. The summed E-state index contributed by atoms with van der Waals surface area (Å²) in [6.45, 7) is 0. The van der Waals surface area contributed by atoms with Crippen molar-refractivity contribution in [1.29, 1.82) is 0 Å². The van der Waals surface area contributed by atoms with Gasteiger partial charge in [-0.25, -0.2) is 0 Å². The lowest BCUT2D eigenvalue weighted by molar-refractivity contribution is -0.365. The molecule has 0 aliphatic carbocycles. The smallest absolute Gasteiger partial charge is 0.373 e. The van der Waals surface area contributed by atoms with Crippen LogP contribution in [-0.2, 0) is 0 Å². The van der Waals surface area contributed by atoms with E-state index in [1.165, 1.54) is 24.3 Å². The van der Waals surface area contributed by atoms with Crippen LogP contribution in [0.5, 0.6) is 0 Å². The van der Waals surface area contributed by atoms with Gasteiger partial charge in [-0.3, -0.25) is 4.79 Å². The molecule has 0 fully saturated rings. The summed E-state index contributed by atoms with van der Waals surface area (Å²) >= 11 is 5.89. The van der Waals surface area contributed by atoms with Crippen LogP contribution in [-0.4, -0.2) is 28.8 Å². The third-order valence-corrected chi connectivity index (χ3v) is 3.86. The zero-order chi connectivity index (χ0) is 18.3. The molecule has 0 unspecified atom stereocenters. The van der Waals surface area contributed by atoms with Crippen molar-refractivity contribution < 1.29 is 36.2 Å². The number of aliphatic hydroxyl groups is 1. The minimum atomic E-state index is -6.05. The fraction of sp³-hybridized carbons (Fsp3) is 0.267. The zero-order valence-electron chi connectivity index (χ0n) is 11.7. The Morgan fingerprint density at radius 2 is 1.42 bits per heavy atom. The predicted octanol–water partition coefficient (Wildman–Crippen LogP) is 4.92. The van der Waals surface area contributed by atoms with E-state index in [0.29, 0.717) is 5.39 Å². The summed E-state index contributed by atoms with van der Waals surface area (Å²) in [6, 6.07) is 8.03. The maximum Gasteiger partial charge on any atom is 0.426 e. The lowest BCUT2D eigenvalue weighted by Crippen LogP contribution is -2.57. The molecule has 0 aliphatic rings. The van der Waals surface area contributed by atoms with Crippen LogP contribution in [0.2, 0.25) is 5.02 Å². The Labute approximate surface area is 136 Å². The highest BCUT2D eigenvalue weighted by atomic mass is 35.5. The Kier molecular flexibility index (Phi) is 4.58. The largest absolute Gasteiger partial charge is 0.426 e. The number of hydrogen-bond donors (Lipinski definition) is 1. The van der Waals surface area contributed by atoms with Crippen molar-refractivity contribution in [3.63, 3.8) is 0 Å². The van der Waals surface area contributed by atoms with Gasteiger partial charge >= 0.3 is 12.4 Å². The zero-order valence-corrected chi connectivity index (χ0v) is 12.4. The lowest BCUT2D eigenvalue weighted by atomic mass is 9.90. The highest BCUT2D eigenvalue weighted by molar-refractivity contribution is 6.36. The maximum absolute atomic E-state index is 12.7. The number of Topliss-reactive ketones (excluding diaryl/α,β-unsaturated/α-hetero) is 1. The van der Waals surface area contributed by atoms with Crippen LogP contribution in [0.15, 0.2) is 36.4 Å². The van der Waals surface area contributed by atoms with Gasteiger partial charge in [-0.05, 0) is 17.5 Å². The molecule has 0 bridgehead atoms. The molecule has 0 spiro atoms. The fourth-order valence-electron chi connectivity index (χ4n) is 2.19. The quantitative estimate of drug-likeness (QED) is 0.615. The Hall–Kier alpha value is -1.80. The van der Waals surface area contributed by atoms with Crippen molar-refractivity contribution in [3.05, 3.63) is 47.0 Å². The lowest BCUT2D eigenvalue weighted by Gasteiger charge is -2.31. The van der Waals surface area contributed by atoms with E-state index in [0.717, 1.165) is 6.07 Å². The molecule has 24 heavy (non-hydrogen) atoms. The highest BCUT2D eigenvalue weighted by Crippen LogP contribution is 2.46. The van der Waals surface area contributed by atoms with E-state index in [4.69, 9.17) is 16.7 Å². The predicted molar refractivity (Wildman–Crippen MR) is 75.0 cm³/mol. The van der Waals surface area contributed by atoms with Crippen LogP contribution in [0.1, 0.15) is 16.8 Å². The van der Waals surface area contributed by atoms with Crippen molar-refractivity contribution >= 4 is 28.2 Å². The standard InChI is InChI=1S/C15H9ClF6O2/c16-11-6-5-10(8-3-1-2-4-9(8)11)12(23)7-13(24,14(17,18)19)15(20,21)22/h1-6,24H,7H2.